The van der Waals surface area contributed by atoms with Crippen LogP contribution < -0.4 is 10.1 Å². The Balaban J connectivity index is 1.61. The summed E-state index contributed by atoms with van der Waals surface area (Å²) in [5.41, 5.74) is 2.66. The molecule has 2 N–H and O–H groups in total. The van der Waals surface area contributed by atoms with E-state index in [0.717, 1.165) is 5.69 Å². The van der Waals surface area contributed by atoms with Crippen molar-refractivity contribution in [3.8, 4) is 11.5 Å². The molecule has 0 fully saturated rings. The molecule has 1 heterocycles. The van der Waals surface area contributed by atoms with Crippen molar-refractivity contribution in [3.63, 3.8) is 0 Å². The van der Waals surface area contributed by atoms with Crippen molar-refractivity contribution in [2.24, 2.45) is 0 Å². The molecule has 0 saturated heterocycles. The molecule has 0 radical (unpaired) electrons. The van der Waals surface area contributed by atoms with E-state index in [1.807, 2.05) is 30.3 Å². The number of hydrogen-bond donors (Lipinski definition) is 2. The normalized spacial score (nSPS) is 10.6. The zero-order chi connectivity index (χ0) is 19.5. The number of aromatic nitrogens is 2. The van der Waals surface area contributed by atoms with Crippen LogP contribution in [0.5, 0.6) is 11.5 Å². The molecule has 0 unspecified atom stereocenters. The summed E-state index contributed by atoms with van der Waals surface area (Å²) in [4.78, 5) is 21.0. The van der Waals surface area contributed by atoms with E-state index >= 15 is 0 Å². The first-order valence-corrected chi connectivity index (χ1v) is 8.64. The molecule has 1 aromatic heterocycles. The highest BCUT2D eigenvalue weighted by atomic mass is 16.5. The van der Waals surface area contributed by atoms with Crippen molar-refractivity contribution in [1.82, 2.24) is 9.97 Å². The second-order valence-electron chi connectivity index (χ2n) is 6.16. The third-order valence-corrected chi connectivity index (χ3v) is 4.38. The zero-order valence-corrected chi connectivity index (χ0v) is 15.1. The highest BCUT2D eigenvalue weighted by molar-refractivity contribution is 6.09. The van der Waals surface area contributed by atoms with Gasteiger partial charge in [0.15, 0.2) is 17.3 Å². The van der Waals surface area contributed by atoms with Gasteiger partial charge in [-0.1, -0.05) is 30.3 Å². The number of aromatic hydroxyl groups is 1. The van der Waals surface area contributed by atoms with Crippen LogP contribution >= 0.6 is 0 Å². The van der Waals surface area contributed by atoms with E-state index < -0.39 is 0 Å². The number of phenolic OH excluding ortho intramolecular Hbond substituents is 1. The Hall–Kier alpha value is -3.93. The summed E-state index contributed by atoms with van der Waals surface area (Å²) in [6.07, 6.45) is 1.44. The molecule has 0 aliphatic carbocycles. The molecule has 28 heavy (non-hydrogen) atoms. The first kappa shape index (κ1) is 17.5. The average Bonchev–Trinajstić information content (AvgIpc) is 2.74. The van der Waals surface area contributed by atoms with Crippen LogP contribution in [0.4, 0.5) is 11.5 Å². The minimum Gasteiger partial charge on any atom is -0.504 e. The van der Waals surface area contributed by atoms with Gasteiger partial charge in [-0.3, -0.25) is 4.79 Å². The molecule has 0 atom stereocenters. The molecular formula is C22H17N3O3. The Kier molecular flexibility index (Phi) is 4.60. The lowest BCUT2D eigenvalue weighted by molar-refractivity contribution is 0.103. The molecule has 3 aromatic carbocycles. The van der Waals surface area contributed by atoms with Crippen molar-refractivity contribution < 1.29 is 14.6 Å². The van der Waals surface area contributed by atoms with Gasteiger partial charge in [0.25, 0.3) is 0 Å². The minimum atomic E-state index is -0.0309. The molecule has 4 aromatic rings. The van der Waals surface area contributed by atoms with Crippen molar-refractivity contribution in [2.75, 3.05) is 12.4 Å². The van der Waals surface area contributed by atoms with Gasteiger partial charge in [-0.25, -0.2) is 9.97 Å². The number of fused-ring (bicyclic) bond motifs is 1. The summed E-state index contributed by atoms with van der Waals surface area (Å²) >= 11 is 0. The summed E-state index contributed by atoms with van der Waals surface area (Å²) in [6, 6.07) is 19.5. The van der Waals surface area contributed by atoms with Gasteiger partial charge in [-0.15, -0.1) is 0 Å². The lowest BCUT2D eigenvalue weighted by atomic mass is 10.0. The Morgan fingerprint density at radius 2 is 1.68 bits per heavy atom. The van der Waals surface area contributed by atoms with Gasteiger partial charge in [-0.05, 0) is 30.3 Å². The standard InChI is InChI=1S/C22H17N3O3/c1-28-20-12-18-17(11-19(20)26)22(24-13-23-18)25-16-9-7-15(8-10-16)21(27)14-5-3-2-4-6-14/h2-13,26H,1H3,(H,23,24,25). The van der Waals surface area contributed by atoms with Crippen LogP contribution in [-0.2, 0) is 0 Å². The third kappa shape index (κ3) is 3.35. The summed E-state index contributed by atoms with van der Waals surface area (Å²) in [6.45, 7) is 0. The van der Waals surface area contributed by atoms with Crippen LogP contribution in [0, 0.1) is 0 Å². The second kappa shape index (κ2) is 7.36. The smallest absolute Gasteiger partial charge is 0.193 e. The van der Waals surface area contributed by atoms with Gasteiger partial charge in [0.05, 0.1) is 12.6 Å². The maximum absolute atomic E-state index is 12.5. The van der Waals surface area contributed by atoms with Crippen molar-refractivity contribution >= 4 is 28.2 Å². The van der Waals surface area contributed by atoms with Crippen molar-refractivity contribution in [1.29, 1.82) is 0 Å². The Morgan fingerprint density at radius 3 is 2.39 bits per heavy atom. The molecule has 0 aliphatic heterocycles. The van der Waals surface area contributed by atoms with Gasteiger partial charge in [-0.2, -0.15) is 0 Å². The molecule has 0 bridgehead atoms. The summed E-state index contributed by atoms with van der Waals surface area (Å²) < 4.78 is 5.12. The number of nitrogens with zero attached hydrogens (tertiary/aromatic N) is 2. The molecule has 0 amide bonds. The van der Waals surface area contributed by atoms with Gasteiger partial charge in [0.1, 0.15) is 12.1 Å². The third-order valence-electron chi connectivity index (χ3n) is 4.38. The van der Waals surface area contributed by atoms with Crippen LogP contribution in [0.3, 0.4) is 0 Å². The first-order chi connectivity index (χ1) is 13.7. The quantitative estimate of drug-likeness (QED) is 0.508. The summed E-state index contributed by atoms with van der Waals surface area (Å²) in [5, 5.41) is 13.9. The SMILES string of the molecule is COc1cc2ncnc(Nc3ccc(C(=O)c4ccccc4)cc3)c2cc1O. The fraction of sp³-hybridized carbons (Fsp3) is 0.0455. The van der Waals surface area contributed by atoms with Crippen LogP contribution in [-0.4, -0.2) is 28.0 Å². The van der Waals surface area contributed by atoms with E-state index in [0.29, 0.717) is 33.6 Å². The number of benzene rings is 3. The van der Waals surface area contributed by atoms with E-state index in [9.17, 15) is 9.90 Å². The van der Waals surface area contributed by atoms with E-state index in [2.05, 4.69) is 15.3 Å². The number of anilines is 2. The fourth-order valence-corrected chi connectivity index (χ4v) is 2.93. The molecule has 0 saturated carbocycles. The zero-order valence-electron chi connectivity index (χ0n) is 15.1. The monoisotopic (exact) mass is 371 g/mol. The van der Waals surface area contributed by atoms with E-state index in [4.69, 9.17) is 4.74 Å². The number of methoxy groups -OCH3 is 1. The minimum absolute atomic E-state index is 0.0108. The van der Waals surface area contributed by atoms with Crippen LogP contribution in [0.15, 0.2) is 73.1 Å². The lowest BCUT2D eigenvalue weighted by Gasteiger charge is -2.11. The first-order valence-electron chi connectivity index (χ1n) is 8.64. The maximum Gasteiger partial charge on any atom is 0.193 e. The summed E-state index contributed by atoms with van der Waals surface area (Å²) in [5.74, 6) is 0.874. The van der Waals surface area contributed by atoms with Gasteiger partial charge < -0.3 is 15.2 Å². The molecule has 6 heteroatoms. The van der Waals surface area contributed by atoms with Gasteiger partial charge in [0, 0.05) is 28.3 Å². The highest BCUT2D eigenvalue weighted by Gasteiger charge is 2.11. The van der Waals surface area contributed by atoms with E-state index in [-0.39, 0.29) is 11.5 Å². The molecular weight excluding hydrogens is 354 g/mol. The van der Waals surface area contributed by atoms with Crippen LogP contribution in [0.2, 0.25) is 0 Å². The topological polar surface area (TPSA) is 84.3 Å². The fourth-order valence-electron chi connectivity index (χ4n) is 2.93. The largest absolute Gasteiger partial charge is 0.504 e. The highest BCUT2D eigenvalue weighted by Crippen LogP contribution is 2.33. The lowest BCUT2D eigenvalue weighted by Crippen LogP contribution is -2.01. The second-order valence-corrected chi connectivity index (χ2v) is 6.16. The van der Waals surface area contributed by atoms with Crippen molar-refractivity contribution in [2.45, 2.75) is 0 Å². The Labute approximate surface area is 161 Å². The number of ether oxygens (including phenoxy) is 1. The maximum atomic E-state index is 12.5. The number of hydrogen-bond acceptors (Lipinski definition) is 6. The van der Waals surface area contributed by atoms with Gasteiger partial charge >= 0.3 is 0 Å². The molecule has 0 spiro atoms. The predicted molar refractivity (Wildman–Crippen MR) is 107 cm³/mol. The molecule has 138 valence electrons. The average molecular weight is 371 g/mol. The van der Waals surface area contributed by atoms with Crippen LogP contribution in [0.1, 0.15) is 15.9 Å². The molecule has 0 aliphatic rings. The number of carbonyl (C=O) groups is 1. The van der Waals surface area contributed by atoms with Gasteiger partial charge in [0.2, 0.25) is 0 Å². The van der Waals surface area contributed by atoms with Crippen molar-refractivity contribution in [3.05, 3.63) is 84.2 Å². The predicted octanol–water partition coefficient (Wildman–Crippen LogP) is 4.32. The number of phenols is 1. The molecule has 6 nitrogen and oxygen atoms in total. The number of rotatable bonds is 5. The molecule has 4 rings (SSSR count). The number of carbonyl (C=O) groups excluding carboxylic acids is 1. The Bertz CT molecular complexity index is 1140. The Morgan fingerprint density at radius 1 is 0.964 bits per heavy atom. The van der Waals surface area contributed by atoms with Crippen LogP contribution in [0.25, 0.3) is 10.9 Å². The summed E-state index contributed by atoms with van der Waals surface area (Å²) in [7, 11) is 1.49. The van der Waals surface area contributed by atoms with E-state index in [1.165, 1.54) is 13.4 Å². The number of ketones is 1. The number of nitrogens with one attached hydrogen (secondary N) is 1. The van der Waals surface area contributed by atoms with E-state index in [1.54, 1.807) is 36.4 Å².